The molecule has 2 aromatic heterocycles. The first kappa shape index (κ1) is 27.9. The smallest absolute Gasteiger partial charge is 0.225 e. The van der Waals surface area contributed by atoms with Gasteiger partial charge in [0.05, 0.1) is 19.2 Å². The third-order valence-electron chi connectivity index (χ3n) is 5.82. The molecular formula is C30H31FN4O3S. The summed E-state index contributed by atoms with van der Waals surface area (Å²) in [4.78, 5) is 8.74. The van der Waals surface area contributed by atoms with Crippen LogP contribution in [0.1, 0.15) is 28.2 Å². The van der Waals surface area contributed by atoms with Crippen LogP contribution in [0, 0.1) is 12.7 Å². The molecule has 0 aliphatic carbocycles. The van der Waals surface area contributed by atoms with Crippen molar-refractivity contribution in [3.8, 4) is 11.6 Å². The number of nitrogens with one attached hydrogen (secondary N) is 2. The molecule has 9 heteroatoms. The van der Waals surface area contributed by atoms with Gasteiger partial charge in [-0.2, -0.15) is 12.6 Å². The summed E-state index contributed by atoms with van der Waals surface area (Å²) in [6, 6.07) is 15.9. The molecule has 0 fully saturated rings. The lowest BCUT2D eigenvalue weighted by molar-refractivity contribution is 0.303. The highest BCUT2D eigenvalue weighted by Crippen LogP contribution is 2.32. The Morgan fingerprint density at radius 3 is 2.77 bits per heavy atom. The SMILES string of the molecule is C=C/C(=C\c1c(Nc2ccc(OCc3cccc(F)c3)c(C)c2)ncnc1OC)c1ccc(CNCCS)o1. The van der Waals surface area contributed by atoms with E-state index in [1.165, 1.54) is 18.5 Å². The largest absolute Gasteiger partial charge is 0.489 e. The standard InChI is InChI=1S/C30H31FN4O3S/c1-4-22(28-11-9-25(38-28)17-32-12-13-39)16-26-29(33-19-34-30(26)36-3)35-24-8-10-27(20(2)14-24)37-18-21-6-5-7-23(31)15-21/h4-11,14-16,19,32,39H,1,12-13,17-18H2,2-3H3,(H,33,34,35)/b22-16+. The monoisotopic (exact) mass is 546 g/mol. The van der Waals surface area contributed by atoms with Crippen molar-refractivity contribution in [1.82, 2.24) is 15.3 Å². The molecule has 7 nitrogen and oxygen atoms in total. The van der Waals surface area contributed by atoms with E-state index in [1.807, 2.05) is 49.4 Å². The fourth-order valence-corrected chi connectivity index (χ4v) is 4.05. The summed E-state index contributed by atoms with van der Waals surface area (Å²) in [5.41, 5.74) is 3.87. The van der Waals surface area contributed by atoms with Gasteiger partial charge in [-0.15, -0.1) is 0 Å². The average molecular weight is 547 g/mol. The average Bonchev–Trinajstić information content (AvgIpc) is 3.40. The zero-order valence-corrected chi connectivity index (χ0v) is 22.8. The topological polar surface area (TPSA) is 81.4 Å². The van der Waals surface area contributed by atoms with Crippen molar-refractivity contribution in [1.29, 1.82) is 0 Å². The molecule has 0 saturated carbocycles. The molecule has 39 heavy (non-hydrogen) atoms. The van der Waals surface area contributed by atoms with Crippen LogP contribution < -0.4 is 20.1 Å². The first-order valence-corrected chi connectivity index (χ1v) is 13.0. The number of aromatic nitrogens is 2. The number of anilines is 2. The van der Waals surface area contributed by atoms with E-state index in [0.29, 0.717) is 35.3 Å². The van der Waals surface area contributed by atoms with Crippen molar-refractivity contribution in [2.24, 2.45) is 0 Å². The second kappa shape index (κ2) is 13.6. The Kier molecular flexibility index (Phi) is 9.77. The molecule has 0 radical (unpaired) electrons. The van der Waals surface area contributed by atoms with Crippen LogP contribution in [0.25, 0.3) is 11.6 Å². The van der Waals surface area contributed by atoms with Crippen LogP contribution in [0.15, 0.2) is 78.0 Å². The first-order chi connectivity index (χ1) is 19.0. The molecule has 202 valence electrons. The van der Waals surface area contributed by atoms with E-state index in [2.05, 4.69) is 39.8 Å². The number of methoxy groups -OCH3 is 1. The van der Waals surface area contributed by atoms with E-state index in [9.17, 15) is 4.39 Å². The number of nitrogens with zero attached hydrogens (tertiary/aromatic N) is 2. The summed E-state index contributed by atoms with van der Waals surface area (Å²) in [5, 5.41) is 6.62. The summed E-state index contributed by atoms with van der Waals surface area (Å²) < 4.78 is 30.9. The molecule has 0 aliphatic heterocycles. The third kappa shape index (κ3) is 7.49. The maximum Gasteiger partial charge on any atom is 0.225 e. The van der Waals surface area contributed by atoms with Crippen molar-refractivity contribution in [3.63, 3.8) is 0 Å². The Balaban J connectivity index is 1.55. The van der Waals surface area contributed by atoms with Crippen LogP contribution in [0.2, 0.25) is 0 Å². The van der Waals surface area contributed by atoms with Gasteiger partial charge in [0.1, 0.15) is 41.8 Å². The molecule has 2 heterocycles. The molecule has 0 amide bonds. The van der Waals surface area contributed by atoms with Crippen molar-refractivity contribution in [3.05, 3.63) is 108 Å². The number of benzene rings is 2. The zero-order chi connectivity index (χ0) is 27.6. The minimum atomic E-state index is -0.286. The molecule has 4 aromatic rings. The van der Waals surface area contributed by atoms with Crippen molar-refractivity contribution < 1.29 is 18.3 Å². The number of thiol groups is 1. The number of hydrogen-bond acceptors (Lipinski definition) is 8. The van der Waals surface area contributed by atoms with Gasteiger partial charge in [0.25, 0.3) is 0 Å². The third-order valence-corrected chi connectivity index (χ3v) is 6.04. The van der Waals surface area contributed by atoms with Gasteiger partial charge in [-0.25, -0.2) is 14.4 Å². The Morgan fingerprint density at radius 1 is 1.15 bits per heavy atom. The minimum absolute atomic E-state index is 0.271. The van der Waals surface area contributed by atoms with Crippen molar-refractivity contribution >= 4 is 35.8 Å². The number of furan rings is 1. The molecule has 0 aliphatic rings. The number of halogens is 1. The lowest BCUT2D eigenvalue weighted by Gasteiger charge is -2.14. The highest BCUT2D eigenvalue weighted by atomic mass is 32.1. The van der Waals surface area contributed by atoms with Crippen LogP contribution in [-0.2, 0) is 13.2 Å². The quantitative estimate of drug-likeness (QED) is 0.0991. The number of hydrogen-bond donors (Lipinski definition) is 3. The van der Waals surface area contributed by atoms with E-state index >= 15 is 0 Å². The van der Waals surface area contributed by atoms with Gasteiger partial charge in [-0.1, -0.05) is 24.8 Å². The summed E-state index contributed by atoms with van der Waals surface area (Å²) in [6.07, 6.45) is 5.03. The van der Waals surface area contributed by atoms with E-state index < -0.39 is 0 Å². The van der Waals surface area contributed by atoms with Gasteiger partial charge in [-0.3, -0.25) is 0 Å². The zero-order valence-electron chi connectivity index (χ0n) is 21.9. The Hall–Kier alpha value is -4.08. The Labute approximate surface area is 233 Å². The van der Waals surface area contributed by atoms with Gasteiger partial charge in [0.2, 0.25) is 5.88 Å². The van der Waals surface area contributed by atoms with Crippen LogP contribution >= 0.6 is 12.6 Å². The normalized spacial score (nSPS) is 11.3. The lowest BCUT2D eigenvalue weighted by atomic mass is 10.1. The highest BCUT2D eigenvalue weighted by Gasteiger charge is 2.14. The molecule has 2 N–H and O–H groups in total. The van der Waals surface area contributed by atoms with E-state index in [-0.39, 0.29) is 12.4 Å². The Bertz CT molecular complexity index is 1450. The van der Waals surface area contributed by atoms with E-state index in [4.69, 9.17) is 13.9 Å². The molecule has 2 aromatic carbocycles. The van der Waals surface area contributed by atoms with Gasteiger partial charge < -0.3 is 24.5 Å². The highest BCUT2D eigenvalue weighted by molar-refractivity contribution is 7.80. The molecule has 0 spiro atoms. The summed E-state index contributed by atoms with van der Waals surface area (Å²) in [6.45, 7) is 7.58. The maximum absolute atomic E-state index is 13.5. The summed E-state index contributed by atoms with van der Waals surface area (Å²) in [5.74, 6) is 3.60. The molecule has 0 unspecified atom stereocenters. The first-order valence-electron chi connectivity index (χ1n) is 12.4. The second-order valence-electron chi connectivity index (χ2n) is 8.64. The molecule has 0 bridgehead atoms. The van der Waals surface area contributed by atoms with Crippen LogP contribution in [-0.4, -0.2) is 29.4 Å². The van der Waals surface area contributed by atoms with Gasteiger partial charge >= 0.3 is 0 Å². The van der Waals surface area contributed by atoms with Gasteiger partial charge in [-0.05, 0) is 66.6 Å². The van der Waals surface area contributed by atoms with Gasteiger partial charge in [0, 0.05) is 23.6 Å². The molecule has 4 rings (SSSR count). The maximum atomic E-state index is 13.5. The lowest BCUT2D eigenvalue weighted by Crippen LogP contribution is -2.15. The number of ether oxygens (including phenoxy) is 2. The Morgan fingerprint density at radius 2 is 2.03 bits per heavy atom. The van der Waals surface area contributed by atoms with Crippen LogP contribution in [0.4, 0.5) is 15.9 Å². The number of aryl methyl sites for hydroxylation is 1. The van der Waals surface area contributed by atoms with Crippen LogP contribution in [0.5, 0.6) is 11.6 Å². The predicted octanol–water partition coefficient (Wildman–Crippen LogP) is 6.59. The van der Waals surface area contributed by atoms with Crippen molar-refractivity contribution in [2.45, 2.75) is 20.1 Å². The summed E-state index contributed by atoms with van der Waals surface area (Å²) >= 11 is 4.21. The minimum Gasteiger partial charge on any atom is -0.489 e. The van der Waals surface area contributed by atoms with Crippen molar-refractivity contribution in [2.75, 3.05) is 24.7 Å². The number of rotatable bonds is 13. The van der Waals surface area contributed by atoms with Crippen LogP contribution in [0.3, 0.4) is 0 Å². The number of allylic oxidation sites excluding steroid dienone is 2. The summed E-state index contributed by atoms with van der Waals surface area (Å²) in [7, 11) is 1.56. The van der Waals surface area contributed by atoms with E-state index in [0.717, 1.165) is 40.4 Å². The van der Waals surface area contributed by atoms with Gasteiger partial charge in [0.15, 0.2) is 0 Å². The second-order valence-corrected chi connectivity index (χ2v) is 9.09. The molecule has 0 atom stereocenters. The predicted molar refractivity (Wildman–Crippen MR) is 156 cm³/mol. The van der Waals surface area contributed by atoms with E-state index in [1.54, 1.807) is 19.3 Å². The fraction of sp³-hybridized carbons (Fsp3) is 0.200. The fourth-order valence-electron chi connectivity index (χ4n) is 3.89. The molecular weight excluding hydrogens is 515 g/mol. The molecule has 0 saturated heterocycles.